The van der Waals surface area contributed by atoms with Gasteiger partial charge in [0.2, 0.25) is 0 Å². The van der Waals surface area contributed by atoms with Gasteiger partial charge in [0, 0.05) is 49.7 Å². The summed E-state index contributed by atoms with van der Waals surface area (Å²) in [5.41, 5.74) is 17.3. The topological polar surface area (TPSA) is 19.6 Å². The quantitative estimate of drug-likeness (QED) is 0.127. The molecule has 0 saturated carbocycles. The molecule has 0 bridgehead atoms. The fourth-order valence-corrected chi connectivity index (χ4v) is 14.4. The van der Waals surface area contributed by atoms with E-state index in [-0.39, 0.29) is 0 Å². The molecule has 0 unspecified atom stereocenters. The molecule has 0 aliphatic carbocycles. The number of benzene rings is 17. The number of furan rings is 1. The summed E-state index contributed by atoms with van der Waals surface area (Å²) >= 11 is 0. The lowest BCUT2D eigenvalue weighted by Crippen LogP contribution is -2.14. The molecule has 17 aromatic carbocycles. The van der Waals surface area contributed by atoms with Gasteiger partial charge in [-0.05, 0) is 177 Å². The highest BCUT2D eigenvalue weighted by atomic mass is 16.3. The van der Waals surface area contributed by atoms with Gasteiger partial charge in [0.25, 0.3) is 0 Å². The minimum absolute atomic E-state index is 0.885. The van der Waals surface area contributed by atoms with E-state index in [2.05, 4.69) is 350 Å². The maximum Gasteiger partial charge on any atom is 0.143 e. The summed E-state index contributed by atoms with van der Waals surface area (Å²) in [6, 6.07) is 125. The van der Waals surface area contributed by atoms with Crippen LogP contribution in [0.2, 0.25) is 0 Å². The van der Waals surface area contributed by atoms with Crippen molar-refractivity contribution in [2.75, 3.05) is 9.80 Å². The van der Waals surface area contributed by atoms with Crippen molar-refractivity contribution in [1.29, 1.82) is 0 Å². The minimum atomic E-state index is 0.885. The Bertz CT molecular complexity index is 5900. The van der Waals surface area contributed by atoms with E-state index in [9.17, 15) is 0 Å². The third kappa shape index (κ3) is 8.81. The maximum absolute atomic E-state index is 6.71. The molecule has 0 radical (unpaired) electrons. The van der Waals surface area contributed by atoms with E-state index in [1.54, 1.807) is 0 Å². The molecule has 18 aromatic rings. The Balaban J connectivity index is 0.817. The molecule has 0 amide bonds. The summed E-state index contributed by atoms with van der Waals surface area (Å²) in [6.07, 6.45) is 0. The van der Waals surface area contributed by atoms with E-state index in [0.29, 0.717) is 0 Å². The third-order valence-electron chi connectivity index (χ3n) is 18.8. The van der Waals surface area contributed by atoms with Crippen molar-refractivity contribution in [3.63, 3.8) is 0 Å². The second-order valence-electron chi connectivity index (χ2n) is 23.9. The predicted octanol–water partition coefficient (Wildman–Crippen LogP) is 25.3. The highest BCUT2D eigenvalue weighted by Gasteiger charge is 2.25. The van der Waals surface area contributed by atoms with E-state index >= 15 is 0 Å². The fourth-order valence-electron chi connectivity index (χ4n) is 14.4. The number of fused-ring (bicyclic) bond motifs is 14. The van der Waals surface area contributed by atoms with Crippen molar-refractivity contribution in [1.82, 2.24) is 0 Å². The van der Waals surface area contributed by atoms with E-state index in [1.165, 1.54) is 75.9 Å². The smallest absolute Gasteiger partial charge is 0.143 e. The number of nitrogens with zero attached hydrogens (tertiary/aromatic N) is 2. The van der Waals surface area contributed by atoms with E-state index in [4.69, 9.17) is 4.42 Å². The monoisotopic (exact) mass is 1160 g/mol. The standard InChI is InChI=1S/C88H56N2O/c1-2-18-57(19-3-1)61-42-50-74-66(52-61)36-37-67-54-70(48-51-75(67)74)89(68-44-38-58(39-45-68)62-43-49-73-65(53-62)35-34-59-20-4-7-23-71(59)73)83-31-15-12-28-79(83)80-29-13-16-32-84(80)90(85-56-64-22-5-8-24-72(64)77-26-10-11-27-78(77)85)69-46-40-60(41-47-69)82-55-63-21-6-9-25-76(63)88-87(82)81-30-14-17-33-86(81)91-88/h1-56H. The van der Waals surface area contributed by atoms with Gasteiger partial charge < -0.3 is 14.2 Å². The summed E-state index contributed by atoms with van der Waals surface area (Å²) in [5.74, 6) is 0. The minimum Gasteiger partial charge on any atom is -0.455 e. The molecular weight excluding hydrogens is 1100 g/mol. The number of hydrogen-bond acceptors (Lipinski definition) is 3. The molecule has 3 heteroatoms. The lowest BCUT2D eigenvalue weighted by Gasteiger charge is -2.32. The van der Waals surface area contributed by atoms with Gasteiger partial charge in [0.1, 0.15) is 11.2 Å². The summed E-state index contributed by atoms with van der Waals surface area (Å²) in [7, 11) is 0. The highest BCUT2D eigenvalue weighted by molar-refractivity contribution is 6.22. The molecule has 0 saturated heterocycles. The lowest BCUT2D eigenvalue weighted by atomic mass is 9.94. The Hall–Kier alpha value is -12.0. The predicted molar refractivity (Wildman–Crippen MR) is 387 cm³/mol. The second-order valence-corrected chi connectivity index (χ2v) is 23.9. The van der Waals surface area contributed by atoms with Crippen LogP contribution in [-0.4, -0.2) is 0 Å². The summed E-state index contributed by atoms with van der Waals surface area (Å²) < 4.78 is 6.71. The largest absolute Gasteiger partial charge is 0.455 e. The van der Waals surface area contributed by atoms with Gasteiger partial charge in [-0.3, -0.25) is 0 Å². The van der Waals surface area contributed by atoms with Crippen LogP contribution in [0.15, 0.2) is 344 Å². The van der Waals surface area contributed by atoms with Crippen LogP contribution in [0.4, 0.5) is 34.1 Å². The Morgan fingerprint density at radius 2 is 0.615 bits per heavy atom. The number of rotatable bonds is 10. The molecule has 0 N–H and O–H groups in total. The Morgan fingerprint density at radius 3 is 1.29 bits per heavy atom. The maximum atomic E-state index is 6.71. The average Bonchev–Trinajstić information content (AvgIpc) is 1.83. The van der Waals surface area contributed by atoms with Crippen LogP contribution >= 0.6 is 0 Å². The van der Waals surface area contributed by atoms with Crippen LogP contribution in [0.1, 0.15) is 0 Å². The van der Waals surface area contributed by atoms with Crippen LogP contribution in [-0.2, 0) is 0 Å². The number of anilines is 6. The molecule has 0 aliphatic rings. The van der Waals surface area contributed by atoms with Crippen LogP contribution in [0.3, 0.4) is 0 Å². The molecule has 424 valence electrons. The van der Waals surface area contributed by atoms with Gasteiger partial charge in [-0.1, -0.05) is 261 Å². The lowest BCUT2D eigenvalue weighted by molar-refractivity contribution is 0.673. The molecule has 91 heavy (non-hydrogen) atoms. The van der Waals surface area contributed by atoms with Gasteiger partial charge >= 0.3 is 0 Å². The average molecular weight is 1160 g/mol. The van der Waals surface area contributed by atoms with Crippen molar-refractivity contribution < 1.29 is 4.42 Å². The van der Waals surface area contributed by atoms with Crippen LogP contribution in [0.25, 0.3) is 142 Å². The first kappa shape index (κ1) is 52.1. The van der Waals surface area contributed by atoms with E-state index < -0.39 is 0 Å². The molecule has 1 heterocycles. The summed E-state index contributed by atoms with van der Waals surface area (Å²) in [4.78, 5) is 4.95. The van der Waals surface area contributed by atoms with Gasteiger partial charge in [-0.25, -0.2) is 0 Å². The van der Waals surface area contributed by atoms with Gasteiger partial charge in [0.05, 0.1) is 17.1 Å². The Labute approximate surface area is 526 Å². The second kappa shape index (κ2) is 21.4. The van der Waals surface area contributed by atoms with Crippen molar-refractivity contribution in [2.24, 2.45) is 0 Å². The molecule has 0 aliphatic heterocycles. The molecule has 0 atom stereocenters. The Kier molecular flexibility index (Phi) is 12.2. The first-order valence-electron chi connectivity index (χ1n) is 31.3. The summed E-state index contributed by atoms with van der Waals surface area (Å²) in [5, 5.41) is 19.1. The summed E-state index contributed by atoms with van der Waals surface area (Å²) in [6.45, 7) is 0. The molecule has 18 rings (SSSR count). The van der Waals surface area contributed by atoms with E-state index in [1.807, 2.05) is 0 Å². The van der Waals surface area contributed by atoms with Crippen molar-refractivity contribution in [3.8, 4) is 44.5 Å². The van der Waals surface area contributed by atoms with Gasteiger partial charge in [-0.15, -0.1) is 0 Å². The normalized spacial score (nSPS) is 11.7. The Morgan fingerprint density at radius 1 is 0.198 bits per heavy atom. The van der Waals surface area contributed by atoms with Crippen molar-refractivity contribution >= 4 is 131 Å². The molecule has 0 spiro atoms. The third-order valence-corrected chi connectivity index (χ3v) is 18.8. The number of hydrogen-bond donors (Lipinski definition) is 0. The van der Waals surface area contributed by atoms with Crippen molar-refractivity contribution in [3.05, 3.63) is 340 Å². The van der Waals surface area contributed by atoms with Gasteiger partial charge in [-0.2, -0.15) is 0 Å². The zero-order valence-corrected chi connectivity index (χ0v) is 49.6. The molecule has 3 nitrogen and oxygen atoms in total. The van der Waals surface area contributed by atoms with Crippen molar-refractivity contribution in [2.45, 2.75) is 0 Å². The van der Waals surface area contributed by atoms with Crippen LogP contribution in [0.5, 0.6) is 0 Å². The zero-order chi connectivity index (χ0) is 59.9. The fraction of sp³-hybridized carbons (Fsp3) is 0. The first-order chi connectivity index (χ1) is 45.1. The van der Waals surface area contributed by atoms with Gasteiger partial charge in [0.15, 0.2) is 0 Å². The highest BCUT2D eigenvalue weighted by Crippen LogP contribution is 2.51. The SMILES string of the molecule is c1ccc(-c2ccc3c(ccc4cc(N(c5ccc(-c6ccc7c(ccc8ccccc87)c6)cc5)c5ccccc5-c5ccccc5N(c5ccc(-c6cc7ccccc7c7oc8ccccc8c67)cc5)c5cc6ccccc6c6ccccc56)ccc43)c2)cc1. The van der Waals surface area contributed by atoms with Crippen LogP contribution in [0, 0.1) is 0 Å². The van der Waals surface area contributed by atoms with E-state index in [0.717, 1.165) is 100 Å². The van der Waals surface area contributed by atoms with Crippen LogP contribution < -0.4 is 9.80 Å². The number of para-hydroxylation sites is 3. The molecular formula is C88H56N2O. The first-order valence-corrected chi connectivity index (χ1v) is 31.3. The molecule has 0 fully saturated rings. The molecule has 1 aromatic heterocycles. The zero-order valence-electron chi connectivity index (χ0n) is 49.6.